The largest absolute Gasteiger partial charge is 0.358 e. The Morgan fingerprint density at radius 2 is 2.00 bits per heavy atom. The summed E-state index contributed by atoms with van der Waals surface area (Å²) in [5.74, 6) is 0.872. The maximum Gasteiger partial charge on any atom is 0.191 e. The van der Waals surface area contributed by atoms with Crippen LogP contribution < -0.4 is 10.6 Å². The predicted octanol–water partition coefficient (Wildman–Crippen LogP) is 4.20. The SMILES string of the molecule is CCNC(=NCCc1csc(C)n1)NCCc1c(C)[nH]c2ccccc12.I. The molecule has 27 heavy (non-hydrogen) atoms. The molecule has 0 radical (unpaired) electrons. The quantitative estimate of drug-likeness (QED) is 0.261. The highest BCUT2D eigenvalue weighted by Gasteiger charge is 2.08. The molecular weight excluding hydrogens is 469 g/mol. The standard InChI is InChI=1S/C20H27N5S.HI/c1-4-21-20(22-11-9-16-13-26-15(3)25-16)23-12-10-17-14(2)24-19-8-6-5-7-18(17)19;/h5-8,13,24H,4,9-12H2,1-3H3,(H2,21,22,23);1H. The first-order chi connectivity index (χ1) is 12.7. The lowest BCUT2D eigenvalue weighted by molar-refractivity contribution is 0.794. The van der Waals surface area contributed by atoms with Gasteiger partial charge in [-0.3, -0.25) is 4.99 Å². The van der Waals surface area contributed by atoms with Crippen LogP contribution in [0, 0.1) is 13.8 Å². The molecule has 0 amide bonds. The minimum atomic E-state index is 0. The number of para-hydroxylation sites is 1. The number of benzene rings is 1. The second kappa shape index (κ2) is 10.7. The van der Waals surface area contributed by atoms with Crippen molar-refractivity contribution in [2.75, 3.05) is 19.6 Å². The fraction of sp³-hybridized carbons (Fsp3) is 0.400. The molecule has 3 aromatic rings. The summed E-state index contributed by atoms with van der Waals surface area (Å²) in [7, 11) is 0. The summed E-state index contributed by atoms with van der Waals surface area (Å²) in [4.78, 5) is 12.6. The van der Waals surface area contributed by atoms with Crippen LogP contribution in [-0.2, 0) is 12.8 Å². The third-order valence-electron chi connectivity index (χ3n) is 4.34. The van der Waals surface area contributed by atoms with E-state index in [4.69, 9.17) is 0 Å². The molecule has 1 aromatic carbocycles. The number of halogens is 1. The number of nitrogens with one attached hydrogen (secondary N) is 3. The molecule has 0 aliphatic heterocycles. The van der Waals surface area contributed by atoms with E-state index in [0.717, 1.165) is 49.1 Å². The molecule has 0 aliphatic carbocycles. The van der Waals surface area contributed by atoms with Crippen molar-refractivity contribution in [3.8, 4) is 0 Å². The molecule has 5 nitrogen and oxygen atoms in total. The number of hydrogen-bond acceptors (Lipinski definition) is 3. The molecule has 0 saturated heterocycles. The van der Waals surface area contributed by atoms with Crippen LogP contribution in [0.4, 0.5) is 0 Å². The highest BCUT2D eigenvalue weighted by molar-refractivity contribution is 14.0. The summed E-state index contributed by atoms with van der Waals surface area (Å²) in [6.45, 7) is 8.72. The van der Waals surface area contributed by atoms with E-state index in [0.29, 0.717) is 0 Å². The fourth-order valence-electron chi connectivity index (χ4n) is 3.11. The molecule has 3 N–H and O–H groups in total. The lowest BCUT2D eigenvalue weighted by Gasteiger charge is -2.11. The number of rotatable bonds is 7. The molecule has 2 heterocycles. The van der Waals surface area contributed by atoms with Crippen LogP contribution in [0.5, 0.6) is 0 Å². The molecule has 0 bridgehead atoms. The van der Waals surface area contributed by atoms with Crippen molar-refractivity contribution in [3.63, 3.8) is 0 Å². The Bertz CT molecular complexity index is 884. The average Bonchev–Trinajstić information content (AvgIpc) is 3.18. The van der Waals surface area contributed by atoms with E-state index in [9.17, 15) is 0 Å². The van der Waals surface area contributed by atoms with E-state index in [2.05, 4.69) is 69.1 Å². The normalized spacial score (nSPS) is 11.4. The Balaban J connectivity index is 0.00000261. The molecule has 0 unspecified atom stereocenters. The Labute approximate surface area is 182 Å². The van der Waals surface area contributed by atoms with Crippen molar-refractivity contribution < 1.29 is 0 Å². The maximum absolute atomic E-state index is 4.67. The summed E-state index contributed by atoms with van der Waals surface area (Å²) in [5.41, 5.74) is 4.95. The van der Waals surface area contributed by atoms with Gasteiger partial charge in [0.1, 0.15) is 0 Å². The van der Waals surface area contributed by atoms with E-state index in [1.807, 2.05) is 6.92 Å². The van der Waals surface area contributed by atoms with Gasteiger partial charge in [0, 0.05) is 48.0 Å². The van der Waals surface area contributed by atoms with Crippen molar-refractivity contribution in [2.24, 2.45) is 4.99 Å². The van der Waals surface area contributed by atoms with Gasteiger partial charge >= 0.3 is 0 Å². The van der Waals surface area contributed by atoms with E-state index < -0.39 is 0 Å². The van der Waals surface area contributed by atoms with Gasteiger partial charge in [0.15, 0.2) is 5.96 Å². The van der Waals surface area contributed by atoms with Crippen molar-refractivity contribution >= 4 is 52.2 Å². The van der Waals surface area contributed by atoms with Gasteiger partial charge in [0.05, 0.1) is 10.7 Å². The molecule has 0 spiro atoms. The van der Waals surface area contributed by atoms with Gasteiger partial charge < -0.3 is 15.6 Å². The summed E-state index contributed by atoms with van der Waals surface area (Å²) >= 11 is 1.69. The topological polar surface area (TPSA) is 65.1 Å². The van der Waals surface area contributed by atoms with E-state index in [1.54, 1.807) is 11.3 Å². The van der Waals surface area contributed by atoms with Crippen LogP contribution in [0.25, 0.3) is 10.9 Å². The number of aromatic amines is 1. The van der Waals surface area contributed by atoms with Crippen LogP contribution in [0.3, 0.4) is 0 Å². The molecular formula is C20H28IN5S. The smallest absolute Gasteiger partial charge is 0.191 e. The van der Waals surface area contributed by atoms with Crippen LogP contribution in [-0.4, -0.2) is 35.6 Å². The van der Waals surface area contributed by atoms with Crippen LogP contribution >= 0.6 is 35.3 Å². The molecule has 7 heteroatoms. The lowest BCUT2D eigenvalue weighted by Crippen LogP contribution is -2.38. The fourth-order valence-corrected chi connectivity index (χ4v) is 3.76. The zero-order chi connectivity index (χ0) is 18.4. The zero-order valence-corrected chi connectivity index (χ0v) is 19.3. The summed E-state index contributed by atoms with van der Waals surface area (Å²) in [6, 6.07) is 8.48. The maximum atomic E-state index is 4.67. The van der Waals surface area contributed by atoms with Gasteiger partial charge in [-0.25, -0.2) is 4.98 Å². The first-order valence-electron chi connectivity index (χ1n) is 9.16. The van der Waals surface area contributed by atoms with Crippen molar-refractivity contribution in [3.05, 3.63) is 51.6 Å². The van der Waals surface area contributed by atoms with Gasteiger partial charge in [-0.1, -0.05) is 18.2 Å². The minimum absolute atomic E-state index is 0. The Kier molecular flexibility index (Phi) is 8.56. The molecule has 0 aliphatic rings. The highest BCUT2D eigenvalue weighted by atomic mass is 127. The summed E-state index contributed by atoms with van der Waals surface area (Å²) in [5, 5.41) is 11.3. The minimum Gasteiger partial charge on any atom is -0.358 e. The van der Waals surface area contributed by atoms with Crippen molar-refractivity contribution in [2.45, 2.75) is 33.6 Å². The van der Waals surface area contributed by atoms with Gasteiger partial charge in [-0.05, 0) is 38.8 Å². The third kappa shape index (κ3) is 5.93. The summed E-state index contributed by atoms with van der Waals surface area (Å²) in [6.07, 6.45) is 1.84. The predicted molar refractivity (Wildman–Crippen MR) is 127 cm³/mol. The highest BCUT2D eigenvalue weighted by Crippen LogP contribution is 2.21. The molecule has 0 saturated carbocycles. The number of H-pyrrole nitrogens is 1. The van der Waals surface area contributed by atoms with Crippen molar-refractivity contribution in [1.82, 2.24) is 20.6 Å². The number of aliphatic imine (C=N–C) groups is 1. The van der Waals surface area contributed by atoms with Crippen molar-refractivity contribution in [1.29, 1.82) is 0 Å². The molecule has 0 fully saturated rings. The van der Waals surface area contributed by atoms with Gasteiger partial charge in [0.25, 0.3) is 0 Å². The van der Waals surface area contributed by atoms with Gasteiger partial charge in [0.2, 0.25) is 0 Å². The van der Waals surface area contributed by atoms with E-state index >= 15 is 0 Å². The Morgan fingerprint density at radius 1 is 1.19 bits per heavy atom. The summed E-state index contributed by atoms with van der Waals surface area (Å²) < 4.78 is 0. The number of nitrogens with zero attached hydrogens (tertiary/aromatic N) is 2. The number of guanidine groups is 1. The van der Waals surface area contributed by atoms with E-state index in [-0.39, 0.29) is 24.0 Å². The van der Waals surface area contributed by atoms with Gasteiger partial charge in [-0.15, -0.1) is 35.3 Å². The van der Waals surface area contributed by atoms with Crippen LogP contribution in [0.2, 0.25) is 0 Å². The Hall–Kier alpha value is -1.61. The second-order valence-corrected chi connectivity index (χ2v) is 7.38. The average molecular weight is 497 g/mol. The number of hydrogen-bond donors (Lipinski definition) is 3. The van der Waals surface area contributed by atoms with Gasteiger partial charge in [-0.2, -0.15) is 0 Å². The zero-order valence-electron chi connectivity index (χ0n) is 16.1. The number of aryl methyl sites for hydroxylation is 2. The first-order valence-corrected chi connectivity index (χ1v) is 10.0. The number of fused-ring (bicyclic) bond motifs is 1. The molecule has 146 valence electrons. The Morgan fingerprint density at radius 3 is 2.74 bits per heavy atom. The molecule has 0 atom stereocenters. The third-order valence-corrected chi connectivity index (χ3v) is 5.17. The van der Waals surface area contributed by atoms with E-state index in [1.165, 1.54) is 22.2 Å². The van der Waals surface area contributed by atoms with Crippen LogP contribution in [0.15, 0.2) is 34.6 Å². The number of thiazole rings is 1. The number of aromatic nitrogens is 2. The second-order valence-electron chi connectivity index (χ2n) is 6.32. The monoisotopic (exact) mass is 497 g/mol. The molecule has 2 aromatic heterocycles. The lowest BCUT2D eigenvalue weighted by atomic mass is 10.1. The molecule has 3 rings (SSSR count). The first kappa shape index (κ1) is 21.7. The van der Waals surface area contributed by atoms with Crippen LogP contribution in [0.1, 0.15) is 28.9 Å².